The zero-order valence-electron chi connectivity index (χ0n) is 16.0. The summed E-state index contributed by atoms with van der Waals surface area (Å²) in [6.07, 6.45) is -1.65. The van der Waals surface area contributed by atoms with Crippen molar-refractivity contribution in [2.24, 2.45) is 0 Å². The van der Waals surface area contributed by atoms with Crippen LogP contribution in [-0.2, 0) is 6.18 Å². The van der Waals surface area contributed by atoms with Crippen molar-refractivity contribution < 1.29 is 18.0 Å². The Labute approximate surface area is 165 Å². The Morgan fingerprint density at radius 1 is 1.24 bits per heavy atom. The van der Waals surface area contributed by atoms with Gasteiger partial charge in [-0.25, -0.2) is 9.50 Å². The van der Waals surface area contributed by atoms with Crippen molar-refractivity contribution in [3.05, 3.63) is 59.3 Å². The maximum absolute atomic E-state index is 13.6. The topological polar surface area (TPSA) is 63.4 Å². The highest BCUT2D eigenvalue weighted by Crippen LogP contribution is 2.35. The van der Waals surface area contributed by atoms with Gasteiger partial charge in [-0.1, -0.05) is 19.9 Å². The lowest BCUT2D eigenvalue weighted by atomic mass is 10.1. The van der Waals surface area contributed by atoms with Gasteiger partial charge in [0.1, 0.15) is 11.4 Å². The zero-order chi connectivity index (χ0) is 20.8. The van der Waals surface area contributed by atoms with Crippen LogP contribution in [0.3, 0.4) is 0 Å². The van der Waals surface area contributed by atoms with Gasteiger partial charge in [0.25, 0.3) is 5.91 Å². The van der Waals surface area contributed by atoms with E-state index in [1.54, 1.807) is 43.0 Å². The molecular formula is C20H20F3N5O. The molecule has 4 heterocycles. The van der Waals surface area contributed by atoms with Gasteiger partial charge in [0.15, 0.2) is 5.65 Å². The van der Waals surface area contributed by atoms with Crippen molar-refractivity contribution in [1.29, 1.82) is 0 Å². The van der Waals surface area contributed by atoms with E-state index in [2.05, 4.69) is 15.1 Å². The highest BCUT2D eigenvalue weighted by atomic mass is 19.4. The number of hydrogen-bond acceptors (Lipinski definition) is 4. The molecular weight excluding hydrogens is 383 g/mol. The number of fused-ring (bicyclic) bond motifs is 1. The van der Waals surface area contributed by atoms with E-state index < -0.39 is 17.9 Å². The molecule has 0 aliphatic carbocycles. The number of aromatic nitrogens is 4. The Morgan fingerprint density at radius 3 is 2.69 bits per heavy atom. The van der Waals surface area contributed by atoms with Gasteiger partial charge < -0.3 is 4.90 Å². The first-order chi connectivity index (χ1) is 13.8. The molecule has 1 atom stereocenters. The van der Waals surface area contributed by atoms with Crippen LogP contribution in [0.25, 0.3) is 5.65 Å². The summed E-state index contributed by atoms with van der Waals surface area (Å²) < 4.78 is 41.7. The van der Waals surface area contributed by atoms with E-state index in [1.807, 2.05) is 0 Å². The highest BCUT2D eigenvalue weighted by Gasteiger charge is 2.37. The smallest absolute Gasteiger partial charge is 0.329 e. The molecule has 29 heavy (non-hydrogen) atoms. The molecule has 0 radical (unpaired) electrons. The highest BCUT2D eigenvalue weighted by molar-refractivity contribution is 5.92. The molecule has 0 bridgehead atoms. The first-order valence-corrected chi connectivity index (χ1v) is 9.45. The molecule has 1 fully saturated rings. The van der Waals surface area contributed by atoms with E-state index in [-0.39, 0.29) is 17.5 Å². The van der Waals surface area contributed by atoms with E-state index in [4.69, 9.17) is 0 Å². The van der Waals surface area contributed by atoms with Gasteiger partial charge in [-0.15, -0.1) is 0 Å². The number of rotatable bonds is 3. The molecule has 1 saturated heterocycles. The minimum atomic E-state index is -4.56. The molecule has 3 aromatic heterocycles. The first-order valence-electron chi connectivity index (χ1n) is 9.45. The van der Waals surface area contributed by atoms with Gasteiger partial charge in [-0.2, -0.15) is 18.3 Å². The third kappa shape index (κ3) is 3.56. The number of likely N-dealkylation sites (tertiary alicyclic amines) is 1. The summed E-state index contributed by atoms with van der Waals surface area (Å²) in [7, 11) is 0. The summed E-state index contributed by atoms with van der Waals surface area (Å²) in [6, 6.07) is 7.25. The van der Waals surface area contributed by atoms with Crippen molar-refractivity contribution in [1.82, 2.24) is 24.5 Å². The number of pyridine rings is 1. The lowest BCUT2D eigenvalue weighted by Gasteiger charge is -2.22. The second-order valence-electron chi connectivity index (χ2n) is 7.43. The largest absolute Gasteiger partial charge is 0.433 e. The Bertz CT molecular complexity index is 1050. The van der Waals surface area contributed by atoms with Gasteiger partial charge >= 0.3 is 6.18 Å². The van der Waals surface area contributed by atoms with E-state index in [0.29, 0.717) is 30.0 Å². The van der Waals surface area contributed by atoms with E-state index in [9.17, 15) is 18.0 Å². The summed E-state index contributed by atoms with van der Waals surface area (Å²) >= 11 is 0. The second kappa shape index (κ2) is 7.13. The summed E-state index contributed by atoms with van der Waals surface area (Å²) in [5.41, 5.74) is 0.336. The van der Waals surface area contributed by atoms with Crippen molar-refractivity contribution in [2.75, 3.05) is 6.54 Å². The van der Waals surface area contributed by atoms with Crippen LogP contribution in [0.1, 0.15) is 66.2 Å². The van der Waals surface area contributed by atoms with Gasteiger partial charge in [-0.3, -0.25) is 9.78 Å². The van der Waals surface area contributed by atoms with Crippen LogP contribution in [0, 0.1) is 0 Å². The number of carbonyl (C=O) groups excluding carboxylic acids is 1. The normalized spacial score (nSPS) is 17.4. The van der Waals surface area contributed by atoms with E-state index in [0.717, 1.165) is 17.0 Å². The van der Waals surface area contributed by atoms with Gasteiger partial charge in [0, 0.05) is 24.5 Å². The molecule has 4 rings (SSSR count). The van der Waals surface area contributed by atoms with Crippen molar-refractivity contribution >= 4 is 11.6 Å². The predicted molar refractivity (Wildman–Crippen MR) is 99.3 cm³/mol. The predicted octanol–water partition coefficient (Wildman–Crippen LogP) is 4.24. The molecule has 0 aromatic carbocycles. The summed E-state index contributed by atoms with van der Waals surface area (Å²) in [5, 5.41) is 4.21. The van der Waals surface area contributed by atoms with E-state index in [1.165, 1.54) is 6.20 Å². The average Bonchev–Trinajstić information content (AvgIpc) is 3.32. The van der Waals surface area contributed by atoms with Crippen LogP contribution in [0.5, 0.6) is 0 Å². The Hall–Kier alpha value is -2.97. The monoisotopic (exact) mass is 403 g/mol. The molecule has 0 N–H and O–H groups in total. The number of alkyl halides is 3. The van der Waals surface area contributed by atoms with Crippen LogP contribution in [0.4, 0.5) is 13.2 Å². The fourth-order valence-corrected chi connectivity index (χ4v) is 3.63. The minimum Gasteiger partial charge on any atom is -0.329 e. The quantitative estimate of drug-likeness (QED) is 0.656. The molecule has 0 saturated carbocycles. The third-order valence-corrected chi connectivity index (χ3v) is 5.09. The molecule has 9 heteroatoms. The average molecular weight is 403 g/mol. The van der Waals surface area contributed by atoms with Gasteiger partial charge in [-0.05, 0) is 37.0 Å². The van der Waals surface area contributed by atoms with Crippen molar-refractivity contribution in [3.8, 4) is 0 Å². The Balaban J connectivity index is 1.76. The van der Waals surface area contributed by atoms with Crippen molar-refractivity contribution in [3.63, 3.8) is 0 Å². The minimum absolute atomic E-state index is 0.135. The maximum Gasteiger partial charge on any atom is 0.433 e. The summed E-state index contributed by atoms with van der Waals surface area (Å²) in [5.74, 6) is -0.412. The Morgan fingerprint density at radius 2 is 2.03 bits per heavy atom. The summed E-state index contributed by atoms with van der Waals surface area (Å²) in [6.45, 7) is 4.09. The van der Waals surface area contributed by atoms with Crippen LogP contribution < -0.4 is 0 Å². The number of nitrogens with zero attached hydrogens (tertiary/aromatic N) is 5. The van der Waals surface area contributed by atoms with E-state index >= 15 is 0 Å². The molecule has 6 nitrogen and oxygen atoms in total. The summed E-state index contributed by atoms with van der Waals surface area (Å²) in [4.78, 5) is 22.9. The van der Waals surface area contributed by atoms with Crippen LogP contribution in [0.2, 0.25) is 0 Å². The van der Waals surface area contributed by atoms with Crippen molar-refractivity contribution in [2.45, 2.75) is 44.8 Å². The SMILES string of the molecule is CC(C)c1cc(C(F)(F)F)n2nc(C3CCCN3C(=O)c3ccccn3)cc2n1. The number of hydrogen-bond donors (Lipinski definition) is 0. The maximum atomic E-state index is 13.6. The molecule has 1 unspecified atom stereocenters. The van der Waals surface area contributed by atoms with Gasteiger partial charge in [0.2, 0.25) is 0 Å². The van der Waals surface area contributed by atoms with Gasteiger partial charge in [0.05, 0.1) is 11.7 Å². The lowest BCUT2D eigenvalue weighted by molar-refractivity contribution is -0.142. The molecule has 1 aliphatic heterocycles. The lowest BCUT2D eigenvalue weighted by Crippen LogP contribution is -2.31. The molecule has 3 aromatic rings. The standard InChI is InChI=1S/C20H20F3N5O/c1-12(2)14-10-17(20(21,22)23)28-18(25-14)11-15(26-28)16-7-5-9-27(16)19(29)13-6-3-4-8-24-13/h3-4,6,8,10-12,16H,5,7,9H2,1-2H3. The molecule has 1 aliphatic rings. The van der Waals surface area contributed by atoms with Crippen LogP contribution in [-0.4, -0.2) is 36.9 Å². The number of amides is 1. The molecule has 1 amide bonds. The zero-order valence-corrected chi connectivity index (χ0v) is 16.0. The fourth-order valence-electron chi connectivity index (χ4n) is 3.63. The molecule has 152 valence electrons. The Kier molecular flexibility index (Phi) is 4.76. The fraction of sp³-hybridized carbons (Fsp3) is 0.400. The second-order valence-corrected chi connectivity index (χ2v) is 7.43. The number of halogens is 3. The third-order valence-electron chi connectivity index (χ3n) is 5.09. The van der Waals surface area contributed by atoms with Crippen LogP contribution in [0.15, 0.2) is 36.5 Å². The van der Waals surface area contributed by atoms with Crippen LogP contribution >= 0.6 is 0 Å². The molecule has 0 spiro atoms. The number of carbonyl (C=O) groups is 1. The first kappa shape index (κ1) is 19.4.